The highest BCUT2D eigenvalue weighted by Crippen LogP contribution is 2.10. The van der Waals surface area contributed by atoms with Crippen LogP contribution in [0.2, 0.25) is 0 Å². The van der Waals surface area contributed by atoms with Gasteiger partial charge in [0.2, 0.25) is 0 Å². The van der Waals surface area contributed by atoms with E-state index in [1.54, 1.807) is 0 Å². The molecule has 0 rings (SSSR count). The van der Waals surface area contributed by atoms with E-state index in [1.165, 1.54) is 0 Å². The van der Waals surface area contributed by atoms with E-state index in [0.29, 0.717) is 12.5 Å². The van der Waals surface area contributed by atoms with E-state index in [4.69, 9.17) is 4.74 Å². The molecule has 0 aromatic rings. The molecule has 0 aromatic heterocycles. The molecule has 0 aliphatic carbocycles. The zero-order chi connectivity index (χ0) is 17.5. The first-order valence-electron chi connectivity index (χ1n) is 7.88. The van der Waals surface area contributed by atoms with Crippen LogP contribution in [0.4, 0.5) is 4.79 Å². The standard InChI is InChI=1S/C16H32N2O4/c1-10(2)8-12(18-15(21)22-16(5,6)7)9-17-13(11(3)4)14(19)20/h10-13,17H,8-9H2,1-7H3,(H,18,21)(H,19,20)/t12-,13-/m1/s1. The molecule has 6 nitrogen and oxygen atoms in total. The normalized spacial score (nSPS) is 14.8. The van der Waals surface area contributed by atoms with Gasteiger partial charge in [0.15, 0.2) is 0 Å². The van der Waals surface area contributed by atoms with Crippen LogP contribution in [-0.2, 0) is 9.53 Å². The second-order valence-electron chi connectivity index (χ2n) is 7.44. The third kappa shape index (κ3) is 9.60. The number of carboxylic acids is 1. The largest absolute Gasteiger partial charge is 0.480 e. The smallest absolute Gasteiger partial charge is 0.407 e. The highest BCUT2D eigenvalue weighted by Gasteiger charge is 2.24. The second kappa shape index (κ2) is 8.98. The number of rotatable bonds is 8. The van der Waals surface area contributed by atoms with Crippen LogP contribution in [0, 0.1) is 11.8 Å². The molecular formula is C16H32N2O4. The molecule has 0 fully saturated rings. The zero-order valence-electron chi connectivity index (χ0n) is 14.9. The average Bonchev–Trinajstić information content (AvgIpc) is 2.23. The van der Waals surface area contributed by atoms with E-state index in [9.17, 15) is 14.7 Å². The quantitative estimate of drug-likeness (QED) is 0.641. The van der Waals surface area contributed by atoms with E-state index in [1.807, 2.05) is 34.6 Å². The van der Waals surface area contributed by atoms with Gasteiger partial charge in [0.05, 0.1) is 0 Å². The van der Waals surface area contributed by atoms with Crippen LogP contribution in [-0.4, -0.2) is 41.4 Å². The third-order valence-corrected chi connectivity index (χ3v) is 2.99. The number of amides is 1. The highest BCUT2D eigenvalue weighted by molar-refractivity contribution is 5.73. The third-order valence-electron chi connectivity index (χ3n) is 2.99. The maximum atomic E-state index is 11.9. The molecular weight excluding hydrogens is 284 g/mol. The van der Waals surface area contributed by atoms with E-state index < -0.39 is 23.7 Å². The number of carbonyl (C=O) groups is 2. The lowest BCUT2D eigenvalue weighted by atomic mass is 10.0. The lowest BCUT2D eigenvalue weighted by Gasteiger charge is -2.26. The van der Waals surface area contributed by atoms with Crippen molar-refractivity contribution in [3.63, 3.8) is 0 Å². The van der Waals surface area contributed by atoms with E-state index in [-0.39, 0.29) is 12.0 Å². The van der Waals surface area contributed by atoms with Crippen molar-refractivity contribution in [2.24, 2.45) is 11.8 Å². The monoisotopic (exact) mass is 316 g/mol. The number of alkyl carbamates (subject to hydrolysis) is 1. The van der Waals surface area contributed by atoms with Gasteiger partial charge in [-0.15, -0.1) is 0 Å². The van der Waals surface area contributed by atoms with Gasteiger partial charge in [-0.05, 0) is 39.0 Å². The summed E-state index contributed by atoms with van der Waals surface area (Å²) in [6.07, 6.45) is 0.271. The number of ether oxygens (including phenoxy) is 1. The van der Waals surface area contributed by atoms with Crippen molar-refractivity contribution in [1.29, 1.82) is 0 Å². The summed E-state index contributed by atoms with van der Waals surface area (Å²) in [5.41, 5.74) is -0.554. The fourth-order valence-electron chi connectivity index (χ4n) is 2.11. The highest BCUT2D eigenvalue weighted by atomic mass is 16.6. The maximum absolute atomic E-state index is 11.9. The molecule has 0 saturated heterocycles. The van der Waals surface area contributed by atoms with Crippen molar-refractivity contribution in [1.82, 2.24) is 10.6 Å². The minimum absolute atomic E-state index is 0.0290. The molecule has 2 atom stereocenters. The number of hydrogen-bond donors (Lipinski definition) is 3. The summed E-state index contributed by atoms with van der Waals surface area (Å²) in [7, 11) is 0. The fraction of sp³-hybridized carbons (Fsp3) is 0.875. The Morgan fingerprint density at radius 1 is 1.14 bits per heavy atom. The van der Waals surface area contributed by atoms with Crippen LogP contribution in [0.15, 0.2) is 0 Å². The van der Waals surface area contributed by atoms with Crippen molar-refractivity contribution in [3.05, 3.63) is 0 Å². The van der Waals surface area contributed by atoms with Gasteiger partial charge in [0, 0.05) is 12.6 Å². The van der Waals surface area contributed by atoms with Crippen LogP contribution in [0.25, 0.3) is 0 Å². The minimum atomic E-state index is -0.879. The topological polar surface area (TPSA) is 87.7 Å². The summed E-state index contributed by atoms with van der Waals surface area (Å²) in [6, 6.07) is -0.800. The van der Waals surface area contributed by atoms with Gasteiger partial charge >= 0.3 is 12.1 Å². The van der Waals surface area contributed by atoms with E-state index in [2.05, 4.69) is 24.5 Å². The summed E-state index contributed by atoms with van der Waals surface area (Å²) in [6.45, 7) is 13.6. The number of carboxylic acid groups (broad SMARTS) is 1. The molecule has 0 aromatic carbocycles. The van der Waals surface area contributed by atoms with Crippen molar-refractivity contribution in [3.8, 4) is 0 Å². The lowest BCUT2D eigenvalue weighted by Crippen LogP contribution is -2.50. The molecule has 130 valence electrons. The molecule has 1 amide bonds. The predicted molar refractivity (Wildman–Crippen MR) is 86.9 cm³/mol. The Labute approximate surface area is 134 Å². The summed E-state index contributed by atoms with van der Waals surface area (Å²) in [4.78, 5) is 23.1. The number of aliphatic carboxylic acids is 1. The molecule has 0 saturated carbocycles. The number of carbonyl (C=O) groups excluding carboxylic acids is 1. The zero-order valence-corrected chi connectivity index (χ0v) is 14.9. The van der Waals surface area contributed by atoms with Crippen LogP contribution >= 0.6 is 0 Å². The maximum Gasteiger partial charge on any atom is 0.407 e. The van der Waals surface area contributed by atoms with Gasteiger partial charge in [-0.25, -0.2) is 4.79 Å². The van der Waals surface area contributed by atoms with Gasteiger partial charge in [0.25, 0.3) is 0 Å². The predicted octanol–water partition coefficient (Wildman–Crippen LogP) is 2.62. The summed E-state index contributed by atoms with van der Waals surface area (Å²) < 4.78 is 5.26. The Morgan fingerprint density at radius 2 is 1.68 bits per heavy atom. The average molecular weight is 316 g/mol. The van der Waals surface area contributed by atoms with Crippen molar-refractivity contribution in [2.45, 2.75) is 72.6 Å². The molecule has 0 aliphatic rings. The molecule has 6 heteroatoms. The summed E-state index contributed by atoms with van der Waals surface area (Å²) in [5.74, 6) is -0.529. The molecule has 0 spiro atoms. The first kappa shape index (κ1) is 20.7. The molecule has 0 radical (unpaired) electrons. The van der Waals surface area contributed by atoms with E-state index in [0.717, 1.165) is 6.42 Å². The molecule has 22 heavy (non-hydrogen) atoms. The van der Waals surface area contributed by atoms with Crippen molar-refractivity contribution < 1.29 is 19.4 Å². The van der Waals surface area contributed by atoms with Gasteiger partial charge in [-0.3, -0.25) is 4.79 Å². The summed E-state index contributed by atoms with van der Waals surface area (Å²) >= 11 is 0. The first-order valence-corrected chi connectivity index (χ1v) is 7.88. The van der Waals surface area contributed by atoms with Gasteiger partial charge in [0.1, 0.15) is 11.6 Å². The number of nitrogens with one attached hydrogen (secondary N) is 2. The minimum Gasteiger partial charge on any atom is -0.480 e. The van der Waals surface area contributed by atoms with Crippen LogP contribution in [0.1, 0.15) is 54.9 Å². The molecule has 0 aliphatic heterocycles. The molecule has 0 heterocycles. The van der Waals surface area contributed by atoms with Crippen LogP contribution in [0.5, 0.6) is 0 Å². The first-order chi connectivity index (χ1) is 9.92. The number of hydrogen-bond acceptors (Lipinski definition) is 4. The Bertz CT molecular complexity index is 362. The second-order valence-corrected chi connectivity index (χ2v) is 7.44. The van der Waals surface area contributed by atoms with Crippen LogP contribution < -0.4 is 10.6 Å². The van der Waals surface area contributed by atoms with Crippen molar-refractivity contribution in [2.75, 3.05) is 6.54 Å². The Balaban J connectivity index is 4.64. The van der Waals surface area contributed by atoms with Gasteiger partial charge in [-0.2, -0.15) is 0 Å². The summed E-state index contributed by atoms with van der Waals surface area (Å²) in [5, 5.41) is 15.0. The van der Waals surface area contributed by atoms with E-state index >= 15 is 0 Å². The molecule has 3 N–H and O–H groups in total. The van der Waals surface area contributed by atoms with Gasteiger partial charge in [-0.1, -0.05) is 27.7 Å². The Hall–Kier alpha value is -1.30. The van der Waals surface area contributed by atoms with Crippen LogP contribution in [0.3, 0.4) is 0 Å². The molecule has 0 unspecified atom stereocenters. The Kier molecular flexibility index (Phi) is 8.45. The Morgan fingerprint density at radius 3 is 2.05 bits per heavy atom. The van der Waals surface area contributed by atoms with Gasteiger partial charge < -0.3 is 20.5 Å². The fourth-order valence-corrected chi connectivity index (χ4v) is 2.11. The van der Waals surface area contributed by atoms with Crippen molar-refractivity contribution >= 4 is 12.1 Å². The SMILES string of the molecule is CC(C)C[C@H](CN[C@@H](C(=O)O)C(C)C)NC(=O)OC(C)(C)C. The molecule has 0 bridgehead atoms. The lowest BCUT2D eigenvalue weighted by molar-refractivity contribution is -0.140.